The molecule has 0 spiro atoms. The minimum absolute atomic E-state index is 0.536. The van der Waals surface area contributed by atoms with E-state index >= 15 is 0 Å². The van der Waals surface area contributed by atoms with Gasteiger partial charge in [-0.1, -0.05) is 28.9 Å². The van der Waals surface area contributed by atoms with E-state index in [0.29, 0.717) is 10.7 Å². The molecule has 4 nitrogen and oxygen atoms in total. The summed E-state index contributed by atoms with van der Waals surface area (Å²) < 4.78 is 1.72. The molecule has 110 valence electrons. The third kappa shape index (κ3) is 2.25. The van der Waals surface area contributed by atoms with Gasteiger partial charge in [-0.3, -0.25) is 0 Å². The summed E-state index contributed by atoms with van der Waals surface area (Å²) >= 11 is 5.95. The van der Waals surface area contributed by atoms with Crippen molar-refractivity contribution in [2.75, 3.05) is 5.73 Å². The van der Waals surface area contributed by atoms with E-state index in [1.807, 2.05) is 12.3 Å². The number of nitrogen functional groups attached to an aromatic ring is 1. The molecule has 1 aliphatic carbocycles. The maximum atomic E-state index is 5.95. The Labute approximate surface area is 133 Å². The lowest BCUT2D eigenvalue weighted by molar-refractivity contribution is 0.804. The third-order valence-electron chi connectivity index (χ3n) is 4.13. The molecular formula is C17H15ClN4. The zero-order chi connectivity index (χ0) is 15.1. The summed E-state index contributed by atoms with van der Waals surface area (Å²) in [5.41, 5.74) is 12.1. The average Bonchev–Trinajstić information content (AvgIpc) is 3.17. The van der Waals surface area contributed by atoms with Crippen LogP contribution in [0, 0.1) is 0 Å². The van der Waals surface area contributed by atoms with Crippen molar-refractivity contribution in [3.8, 4) is 16.9 Å². The van der Waals surface area contributed by atoms with E-state index in [0.717, 1.165) is 23.4 Å². The highest BCUT2D eigenvalue weighted by atomic mass is 35.5. The van der Waals surface area contributed by atoms with Gasteiger partial charge in [0.15, 0.2) is 0 Å². The second kappa shape index (κ2) is 5.14. The molecule has 0 saturated carbocycles. The molecule has 1 aromatic heterocycles. The maximum Gasteiger partial charge on any atom is 0.113 e. The Morgan fingerprint density at radius 3 is 2.77 bits per heavy atom. The number of halogens is 1. The van der Waals surface area contributed by atoms with Crippen LogP contribution in [0.1, 0.15) is 17.5 Å². The molecule has 0 unspecified atom stereocenters. The van der Waals surface area contributed by atoms with Crippen LogP contribution in [0.5, 0.6) is 0 Å². The van der Waals surface area contributed by atoms with Crippen LogP contribution in [0.25, 0.3) is 16.9 Å². The molecule has 0 radical (unpaired) electrons. The minimum Gasteiger partial charge on any atom is -0.397 e. The van der Waals surface area contributed by atoms with Crippen molar-refractivity contribution in [3.63, 3.8) is 0 Å². The van der Waals surface area contributed by atoms with E-state index < -0.39 is 0 Å². The Bertz CT molecular complexity index is 854. The van der Waals surface area contributed by atoms with Crippen LogP contribution >= 0.6 is 11.6 Å². The summed E-state index contributed by atoms with van der Waals surface area (Å²) in [6.45, 7) is 0. The van der Waals surface area contributed by atoms with Crippen LogP contribution < -0.4 is 5.73 Å². The van der Waals surface area contributed by atoms with Gasteiger partial charge >= 0.3 is 0 Å². The van der Waals surface area contributed by atoms with Crippen LogP contribution in [0.2, 0.25) is 5.02 Å². The van der Waals surface area contributed by atoms with Crippen LogP contribution in [-0.2, 0) is 12.8 Å². The van der Waals surface area contributed by atoms with Crippen LogP contribution in [0.3, 0.4) is 0 Å². The lowest BCUT2D eigenvalue weighted by Crippen LogP contribution is -1.96. The van der Waals surface area contributed by atoms with E-state index in [9.17, 15) is 0 Å². The van der Waals surface area contributed by atoms with Gasteiger partial charge in [0.1, 0.15) is 5.69 Å². The molecule has 1 heterocycles. The zero-order valence-corrected chi connectivity index (χ0v) is 12.7. The van der Waals surface area contributed by atoms with Gasteiger partial charge in [-0.25, -0.2) is 4.68 Å². The standard InChI is InChI=1S/C17H15ClN4/c18-15-7-6-14(9-16(15)19)22-10-17(20-21-22)13-5-4-11-2-1-3-12(11)8-13/h4-10H,1-3,19H2. The van der Waals surface area contributed by atoms with Crippen molar-refractivity contribution in [2.24, 2.45) is 0 Å². The quantitative estimate of drug-likeness (QED) is 0.735. The molecule has 0 aliphatic heterocycles. The highest BCUT2D eigenvalue weighted by Crippen LogP contribution is 2.28. The number of anilines is 1. The molecule has 0 atom stereocenters. The molecule has 2 aromatic carbocycles. The topological polar surface area (TPSA) is 56.7 Å². The van der Waals surface area contributed by atoms with Gasteiger partial charge in [-0.15, -0.1) is 5.10 Å². The van der Waals surface area contributed by atoms with E-state index in [2.05, 4.69) is 28.5 Å². The SMILES string of the molecule is Nc1cc(-n2cc(-c3ccc4c(c3)CCC4)nn2)ccc1Cl. The molecule has 0 bridgehead atoms. The van der Waals surface area contributed by atoms with Crippen molar-refractivity contribution in [2.45, 2.75) is 19.3 Å². The smallest absolute Gasteiger partial charge is 0.113 e. The first kappa shape index (κ1) is 13.3. The van der Waals surface area contributed by atoms with Crippen LogP contribution in [0.4, 0.5) is 5.69 Å². The van der Waals surface area contributed by atoms with E-state index in [-0.39, 0.29) is 0 Å². The highest BCUT2D eigenvalue weighted by molar-refractivity contribution is 6.33. The summed E-state index contributed by atoms with van der Waals surface area (Å²) in [6.07, 6.45) is 5.51. The Balaban J connectivity index is 1.70. The van der Waals surface area contributed by atoms with Crippen LogP contribution in [-0.4, -0.2) is 15.0 Å². The van der Waals surface area contributed by atoms with Crippen molar-refractivity contribution in [1.29, 1.82) is 0 Å². The molecular weight excluding hydrogens is 296 g/mol. The predicted molar refractivity (Wildman–Crippen MR) is 88.2 cm³/mol. The van der Waals surface area contributed by atoms with Gasteiger partial charge in [-0.2, -0.15) is 0 Å². The summed E-state index contributed by atoms with van der Waals surface area (Å²) in [4.78, 5) is 0. The minimum atomic E-state index is 0.536. The van der Waals surface area contributed by atoms with Crippen molar-refractivity contribution < 1.29 is 0 Å². The van der Waals surface area contributed by atoms with Crippen LogP contribution in [0.15, 0.2) is 42.6 Å². The fourth-order valence-electron chi connectivity index (χ4n) is 2.93. The first-order valence-electron chi connectivity index (χ1n) is 7.30. The number of rotatable bonds is 2. The number of aryl methyl sites for hydroxylation is 2. The van der Waals surface area contributed by atoms with Gasteiger partial charge in [0, 0.05) is 5.56 Å². The molecule has 22 heavy (non-hydrogen) atoms. The number of fused-ring (bicyclic) bond motifs is 1. The summed E-state index contributed by atoms with van der Waals surface area (Å²) in [6, 6.07) is 12.0. The second-order valence-electron chi connectivity index (χ2n) is 5.59. The van der Waals surface area contributed by atoms with Gasteiger partial charge in [-0.05, 0) is 54.7 Å². The Morgan fingerprint density at radius 1 is 1.05 bits per heavy atom. The van der Waals surface area contributed by atoms with Crippen molar-refractivity contribution >= 4 is 17.3 Å². The van der Waals surface area contributed by atoms with Crippen molar-refractivity contribution in [3.05, 3.63) is 58.7 Å². The summed E-state index contributed by atoms with van der Waals surface area (Å²) in [5, 5.41) is 9.02. The van der Waals surface area contributed by atoms with E-state index in [1.54, 1.807) is 16.8 Å². The first-order valence-corrected chi connectivity index (χ1v) is 7.68. The molecule has 2 N–H and O–H groups in total. The monoisotopic (exact) mass is 310 g/mol. The highest BCUT2D eigenvalue weighted by Gasteiger charge is 2.13. The number of aromatic nitrogens is 3. The normalized spacial score (nSPS) is 13.3. The van der Waals surface area contributed by atoms with Crippen molar-refractivity contribution in [1.82, 2.24) is 15.0 Å². The Morgan fingerprint density at radius 2 is 1.91 bits per heavy atom. The van der Waals surface area contributed by atoms with Gasteiger partial charge in [0.2, 0.25) is 0 Å². The average molecular weight is 311 g/mol. The molecule has 0 fully saturated rings. The van der Waals surface area contributed by atoms with Gasteiger partial charge in [0.05, 0.1) is 22.6 Å². The number of benzene rings is 2. The van der Waals surface area contributed by atoms with Gasteiger partial charge in [0.25, 0.3) is 0 Å². The number of hydrogen-bond acceptors (Lipinski definition) is 3. The molecule has 0 saturated heterocycles. The largest absolute Gasteiger partial charge is 0.397 e. The molecule has 1 aliphatic rings. The fourth-order valence-corrected chi connectivity index (χ4v) is 3.04. The zero-order valence-electron chi connectivity index (χ0n) is 12.0. The van der Waals surface area contributed by atoms with E-state index in [4.69, 9.17) is 17.3 Å². The van der Waals surface area contributed by atoms with E-state index in [1.165, 1.54) is 24.0 Å². The molecule has 0 amide bonds. The summed E-state index contributed by atoms with van der Waals surface area (Å²) in [7, 11) is 0. The third-order valence-corrected chi connectivity index (χ3v) is 4.48. The van der Waals surface area contributed by atoms with Gasteiger partial charge < -0.3 is 5.73 Å². The first-order chi connectivity index (χ1) is 10.7. The Kier molecular flexibility index (Phi) is 3.12. The number of hydrogen-bond donors (Lipinski definition) is 1. The molecule has 4 rings (SSSR count). The molecule has 5 heteroatoms. The number of nitrogens with two attached hydrogens (primary N) is 1. The lowest BCUT2D eigenvalue weighted by Gasteiger charge is -2.03. The fraction of sp³-hybridized carbons (Fsp3) is 0.176. The molecule has 3 aromatic rings. The summed E-state index contributed by atoms with van der Waals surface area (Å²) in [5.74, 6) is 0. The number of nitrogens with zero attached hydrogens (tertiary/aromatic N) is 3. The predicted octanol–water partition coefficient (Wildman–Crippen LogP) is 3.66. The Hall–Kier alpha value is -2.33. The lowest BCUT2D eigenvalue weighted by atomic mass is 10.0. The second-order valence-corrected chi connectivity index (χ2v) is 6.00. The maximum absolute atomic E-state index is 5.95.